The molecule has 1 aliphatic rings. The van der Waals surface area contributed by atoms with Crippen molar-refractivity contribution in [2.45, 2.75) is 6.04 Å². The average molecular weight is 206 g/mol. The van der Waals surface area contributed by atoms with Gasteiger partial charge < -0.3 is 16.0 Å². The van der Waals surface area contributed by atoms with Crippen molar-refractivity contribution in [2.24, 2.45) is 5.73 Å². The Balaban J connectivity index is 2.18. The number of nitrogens with zero attached hydrogens (tertiary/aromatic N) is 2. The first-order valence-electron chi connectivity index (χ1n) is 4.98. The van der Waals surface area contributed by atoms with Gasteiger partial charge in [0.25, 0.3) is 0 Å². The molecule has 0 aromatic carbocycles. The van der Waals surface area contributed by atoms with Crippen molar-refractivity contribution >= 4 is 6.03 Å². The molecule has 1 saturated heterocycles. The third-order valence-corrected chi connectivity index (χ3v) is 2.48. The highest BCUT2D eigenvalue weighted by molar-refractivity contribution is 5.77. The molecular formula is C10H14N4O. The minimum absolute atomic E-state index is 0.0160. The van der Waals surface area contributed by atoms with Crippen molar-refractivity contribution in [1.29, 1.82) is 0 Å². The van der Waals surface area contributed by atoms with Crippen LogP contribution in [0.5, 0.6) is 0 Å². The van der Waals surface area contributed by atoms with Crippen LogP contribution in [-0.2, 0) is 0 Å². The van der Waals surface area contributed by atoms with Crippen LogP contribution >= 0.6 is 0 Å². The molecule has 0 spiro atoms. The summed E-state index contributed by atoms with van der Waals surface area (Å²) in [5.74, 6) is 0. The first-order chi connectivity index (χ1) is 7.33. The zero-order valence-electron chi connectivity index (χ0n) is 8.39. The van der Waals surface area contributed by atoms with Crippen molar-refractivity contribution in [3.63, 3.8) is 0 Å². The van der Waals surface area contributed by atoms with Crippen molar-refractivity contribution in [3.05, 3.63) is 30.1 Å². The smallest absolute Gasteiger partial charge is 0.318 e. The van der Waals surface area contributed by atoms with Gasteiger partial charge in [-0.1, -0.05) is 6.07 Å². The number of hydrogen-bond acceptors (Lipinski definition) is 3. The maximum Gasteiger partial charge on any atom is 0.318 e. The van der Waals surface area contributed by atoms with Gasteiger partial charge in [0.05, 0.1) is 11.7 Å². The van der Waals surface area contributed by atoms with Crippen LogP contribution in [0, 0.1) is 0 Å². The molecule has 1 atom stereocenters. The van der Waals surface area contributed by atoms with Crippen molar-refractivity contribution in [3.8, 4) is 0 Å². The highest BCUT2D eigenvalue weighted by Gasteiger charge is 2.31. The van der Waals surface area contributed by atoms with Crippen molar-refractivity contribution in [1.82, 2.24) is 15.2 Å². The van der Waals surface area contributed by atoms with Gasteiger partial charge >= 0.3 is 6.03 Å². The average Bonchev–Trinajstić information content (AvgIpc) is 2.63. The second-order valence-corrected chi connectivity index (χ2v) is 3.44. The van der Waals surface area contributed by atoms with E-state index in [0.29, 0.717) is 19.6 Å². The fourth-order valence-electron chi connectivity index (χ4n) is 1.77. The minimum Gasteiger partial charge on any atom is -0.335 e. The molecule has 15 heavy (non-hydrogen) atoms. The summed E-state index contributed by atoms with van der Waals surface area (Å²) < 4.78 is 0. The maximum absolute atomic E-state index is 11.5. The second-order valence-electron chi connectivity index (χ2n) is 3.44. The van der Waals surface area contributed by atoms with Crippen LogP contribution in [0.25, 0.3) is 0 Å². The number of pyridine rings is 1. The van der Waals surface area contributed by atoms with Gasteiger partial charge in [0.1, 0.15) is 0 Å². The Hall–Kier alpha value is -1.62. The fourth-order valence-corrected chi connectivity index (χ4v) is 1.77. The lowest BCUT2D eigenvalue weighted by molar-refractivity contribution is 0.205. The molecule has 0 radical (unpaired) electrons. The number of amides is 2. The van der Waals surface area contributed by atoms with E-state index in [1.807, 2.05) is 18.2 Å². The molecule has 1 aromatic rings. The predicted octanol–water partition coefficient (Wildman–Crippen LogP) is 0.107. The second kappa shape index (κ2) is 4.27. The van der Waals surface area contributed by atoms with Gasteiger partial charge in [0.2, 0.25) is 0 Å². The molecule has 5 nitrogen and oxygen atoms in total. The Bertz CT molecular complexity index is 341. The van der Waals surface area contributed by atoms with E-state index < -0.39 is 0 Å². The van der Waals surface area contributed by atoms with Gasteiger partial charge in [0.15, 0.2) is 0 Å². The highest BCUT2D eigenvalue weighted by Crippen LogP contribution is 2.21. The van der Waals surface area contributed by atoms with Gasteiger partial charge in [-0.15, -0.1) is 0 Å². The molecule has 1 aliphatic heterocycles. The van der Waals surface area contributed by atoms with E-state index in [4.69, 9.17) is 5.73 Å². The van der Waals surface area contributed by atoms with Crippen LogP contribution in [0.1, 0.15) is 11.7 Å². The van der Waals surface area contributed by atoms with Crippen LogP contribution in [0.3, 0.4) is 0 Å². The van der Waals surface area contributed by atoms with Crippen molar-refractivity contribution in [2.75, 3.05) is 19.6 Å². The number of carbonyl (C=O) groups is 1. The van der Waals surface area contributed by atoms with Gasteiger partial charge in [-0.2, -0.15) is 0 Å². The Morgan fingerprint density at radius 1 is 1.60 bits per heavy atom. The van der Waals surface area contributed by atoms with Gasteiger partial charge in [-0.25, -0.2) is 4.79 Å². The van der Waals surface area contributed by atoms with E-state index in [9.17, 15) is 4.79 Å². The normalized spacial score (nSPS) is 20.5. The lowest BCUT2D eigenvalue weighted by Gasteiger charge is -2.21. The molecule has 2 rings (SSSR count). The highest BCUT2D eigenvalue weighted by atomic mass is 16.2. The summed E-state index contributed by atoms with van der Waals surface area (Å²) in [6.45, 7) is 1.64. The molecule has 2 amide bonds. The van der Waals surface area contributed by atoms with Crippen molar-refractivity contribution < 1.29 is 4.79 Å². The molecule has 0 bridgehead atoms. The zero-order valence-corrected chi connectivity index (χ0v) is 8.39. The molecule has 1 fully saturated rings. The number of urea groups is 1. The number of nitrogens with two attached hydrogens (primary N) is 1. The largest absolute Gasteiger partial charge is 0.335 e. The zero-order chi connectivity index (χ0) is 10.7. The Labute approximate surface area is 88.3 Å². The standard InChI is InChI=1S/C10H14N4O/c11-4-6-14-9(7-13-10(14)15)8-3-1-2-5-12-8/h1-3,5,9H,4,6-7,11H2,(H,13,15). The number of rotatable bonds is 3. The monoisotopic (exact) mass is 206 g/mol. The van der Waals surface area contributed by atoms with Gasteiger partial charge in [-0.05, 0) is 12.1 Å². The van der Waals surface area contributed by atoms with E-state index in [1.165, 1.54) is 0 Å². The van der Waals surface area contributed by atoms with Crippen LogP contribution in [0.2, 0.25) is 0 Å². The van der Waals surface area contributed by atoms with E-state index in [1.54, 1.807) is 11.1 Å². The summed E-state index contributed by atoms with van der Waals surface area (Å²) in [4.78, 5) is 17.5. The quantitative estimate of drug-likeness (QED) is 0.737. The molecule has 1 aromatic heterocycles. The van der Waals surface area contributed by atoms with Crippen LogP contribution in [0.4, 0.5) is 4.79 Å². The SMILES string of the molecule is NCCN1C(=O)NCC1c1ccccn1. The Morgan fingerprint density at radius 3 is 3.13 bits per heavy atom. The van der Waals surface area contributed by atoms with E-state index in [2.05, 4.69) is 10.3 Å². The molecule has 0 aliphatic carbocycles. The topological polar surface area (TPSA) is 71.2 Å². The van der Waals surface area contributed by atoms with Gasteiger partial charge in [0, 0.05) is 25.8 Å². The third-order valence-electron chi connectivity index (χ3n) is 2.48. The number of aromatic nitrogens is 1. The van der Waals surface area contributed by atoms with E-state index in [0.717, 1.165) is 5.69 Å². The molecule has 1 unspecified atom stereocenters. The minimum atomic E-state index is -0.0592. The van der Waals surface area contributed by atoms with E-state index in [-0.39, 0.29) is 12.1 Å². The lowest BCUT2D eigenvalue weighted by Crippen LogP contribution is -2.34. The Kier molecular flexibility index (Phi) is 2.82. The molecule has 2 heterocycles. The number of hydrogen-bond donors (Lipinski definition) is 2. The molecule has 0 saturated carbocycles. The molecular weight excluding hydrogens is 192 g/mol. The van der Waals surface area contributed by atoms with E-state index >= 15 is 0 Å². The molecule has 3 N–H and O–H groups in total. The van der Waals surface area contributed by atoms with Crippen LogP contribution < -0.4 is 11.1 Å². The first kappa shape index (κ1) is 9.92. The number of carbonyl (C=O) groups excluding carboxylic acids is 1. The summed E-state index contributed by atoms with van der Waals surface area (Å²) in [6.07, 6.45) is 1.73. The predicted molar refractivity (Wildman–Crippen MR) is 56.1 cm³/mol. The molecule has 80 valence electrons. The lowest BCUT2D eigenvalue weighted by atomic mass is 10.2. The van der Waals surface area contributed by atoms with Crippen LogP contribution in [0.15, 0.2) is 24.4 Å². The summed E-state index contributed by atoms with van der Waals surface area (Å²) in [5.41, 5.74) is 6.38. The summed E-state index contributed by atoms with van der Waals surface area (Å²) >= 11 is 0. The summed E-state index contributed by atoms with van der Waals surface area (Å²) in [5, 5.41) is 2.79. The first-order valence-corrected chi connectivity index (χ1v) is 4.98. The van der Waals surface area contributed by atoms with Crippen LogP contribution in [-0.4, -0.2) is 35.5 Å². The summed E-state index contributed by atoms with van der Waals surface area (Å²) in [6, 6.07) is 5.67. The maximum atomic E-state index is 11.5. The van der Waals surface area contributed by atoms with Gasteiger partial charge in [-0.3, -0.25) is 4.98 Å². The summed E-state index contributed by atoms with van der Waals surface area (Å²) in [7, 11) is 0. The molecule has 5 heteroatoms. The number of nitrogens with one attached hydrogen (secondary N) is 1. The fraction of sp³-hybridized carbons (Fsp3) is 0.400. The Morgan fingerprint density at radius 2 is 2.47 bits per heavy atom. The third kappa shape index (κ3) is 1.92.